The quantitative estimate of drug-likeness (QED) is 0.521. The minimum Gasteiger partial charge on any atom is -0.452 e. The number of rotatable bonds is 4. The predicted octanol–water partition coefficient (Wildman–Crippen LogP) is 4.77. The van der Waals surface area contributed by atoms with Gasteiger partial charge in [0.1, 0.15) is 5.82 Å². The molecule has 2 aromatic carbocycles. The molecule has 5 nitrogen and oxygen atoms in total. The van der Waals surface area contributed by atoms with Crippen molar-refractivity contribution in [2.75, 3.05) is 11.9 Å². The summed E-state index contributed by atoms with van der Waals surface area (Å²) in [5.74, 6) is -3.20. The van der Waals surface area contributed by atoms with Crippen LogP contribution < -0.4 is 5.32 Å². The van der Waals surface area contributed by atoms with E-state index in [1.807, 2.05) is 6.07 Å². The number of amides is 1. The van der Waals surface area contributed by atoms with Gasteiger partial charge in [0.05, 0.1) is 11.3 Å². The molecule has 0 saturated heterocycles. The number of hydrogen-bond donors (Lipinski definition) is 2. The van der Waals surface area contributed by atoms with Gasteiger partial charge >= 0.3 is 5.97 Å². The van der Waals surface area contributed by atoms with Gasteiger partial charge in [-0.1, -0.05) is 15.9 Å². The number of carbonyl (C=O) groups excluding carboxylic acids is 2. The predicted molar refractivity (Wildman–Crippen MR) is 99.0 cm³/mol. The first-order valence-corrected chi connectivity index (χ1v) is 8.82. The molecule has 134 valence electrons. The summed E-state index contributed by atoms with van der Waals surface area (Å²) >= 11 is 6.28. The number of halogens is 4. The number of H-pyrrole nitrogens is 1. The minimum atomic E-state index is -0.946. The number of benzene rings is 2. The zero-order valence-corrected chi connectivity index (χ0v) is 16.1. The van der Waals surface area contributed by atoms with Gasteiger partial charge in [-0.05, 0) is 40.2 Å². The molecule has 0 bridgehead atoms. The molecule has 1 aromatic heterocycles. The van der Waals surface area contributed by atoms with Crippen LogP contribution in [0.4, 0.5) is 14.5 Å². The highest BCUT2D eigenvalue weighted by molar-refractivity contribution is 9.10. The summed E-state index contributed by atoms with van der Waals surface area (Å²) in [6.07, 6.45) is 1.48. The lowest BCUT2D eigenvalue weighted by molar-refractivity contribution is -0.119. The van der Waals surface area contributed by atoms with Crippen LogP contribution in [0.1, 0.15) is 10.4 Å². The van der Waals surface area contributed by atoms with Gasteiger partial charge < -0.3 is 15.0 Å². The molecular formula is C17H10Br2F2N2O3. The van der Waals surface area contributed by atoms with E-state index < -0.39 is 30.1 Å². The standard InChI is InChI=1S/C17H10Br2F2N2O3/c18-8-1-2-14-10(3-8)11(6-22-14)17(25)26-7-15(24)23-16-12(19)4-9(20)5-13(16)21/h1-6,22H,7H2,(H,23,24). The second-order valence-corrected chi connectivity index (χ2v) is 7.03. The van der Waals surface area contributed by atoms with Gasteiger partial charge in [-0.15, -0.1) is 0 Å². The lowest BCUT2D eigenvalue weighted by Gasteiger charge is -2.09. The number of fused-ring (bicyclic) bond motifs is 1. The van der Waals surface area contributed by atoms with E-state index in [0.717, 1.165) is 16.1 Å². The van der Waals surface area contributed by atoms with Gasteiger partial charge in [-0.25, -0.2) is 13.6 Å². The van der Waals surface area contributed by atoms with Gasteiger partial charge in [0.2, 0.25) is 0 Å². The smallest absolute Gasteiger partial charge is 0.340 e. The lowest BCUT2D eigenvalue weighted by atomic mass is 10.2. The Morgan fingerprint density at radius 3 is 2.65 bits per heavy atom. The Balaban J connectivity index is 1.68. The Bertz CT molecular complexity index is 997. The second kappa shape index (κ2) is 7.55. The van der Waals surface area contributed by atoms with Crippen molar-refractivity contribution in [3.8, 4) is 0 Å². The first kappa shape index (κ1) is 18.5. The second-order valence-electron chi connectivity index (χ2n) is 5.26. The SMILES string of the molecule is O=C(COC(=O)c1c[nH]c2ccc(Br)cc12)Nc1c(F)cc(F)cc1Br. The first-order valence-electron chi connectivity index (χ1n) is 7.23. The van der Waals surface area contributed by atoms with Crippen molar-refractivity contribution in [1.82, 2.24) is 4.98 Å². The molecule has 1 heterocycles. The summed E-state index contributed by atoms with van der Waals surface area (Å²) in [6, 6.07) is 6.99. The van der Waals surface area contributed by atoms with Crippen LogP contribution >= 0.6 is 31.9 Å². The summed E-state index contributed by atoms with van der Waals surface area (Å²) in [5.41, 5.74) is 0.772. The maximum Gasteiger partial charge on any atom is 0.340 e. The van der Waals surface area contributed by atoms with E-state index >= 15 is 0 Å². The monoisotopic (exact) mass is 486 g/mol. The Kier molecular flexibility index (Phi) is 5.38. The van der Waals surface area contributed by atoms with Crippen LogP contribution in [0.3, 0.4) is 0 Å². The number of ether oxygens (including phenoxy) is 1. The molecule has 2 N–H and O–H groups in total. The molecular weight excluding hydrogens is 478 g/mol. The van der Waals surface area contributed by atoms with Crippen LogP contribution in [-0.2, 0) is 9.53 Å². The third-order valence-electron chi connectivity index (χ3n) is 3.47. The zero-order valence-electron chi connectivity index (χ0n) is 12.9. The number of hydrogen-bond acceptors (Lipinski definition) is 3. The van der Waals surface area contributed by atoms with Crippen molar-refractivity contribution in [3.05, 3.63) is 62.7 Å². The Morgan fingerprint density at radius 2 is 1.92 bits per heavy atom. The van der Waals surface area contributed by atoms with E-state index in [1.165, 1.54) is 6.20 Å². The Labute approximate surface area is 163 Å². The van der Waals surface area contributed by atoms with Crippen LogP contribution in [0.2, 0.25) is 0 Å². The number of aromatic amines is 1. The number of nitrogens with one attached hydrogen (secondary N) is 2. The van der Waals surface area contributed by atoms with Crippen LogP contribution in [-0.4, -0.2) is 23.5 Å². The summed E-state index contributed by atoms with van der Waals surface area (Å²) in [5, 5.41) is 2.87. The van der Waals surface area contributed by atoms with E-state index in [2.05, 4.69) is 42.2 Å². The van der Waals surface area contributed by atoms with Crippen LogP contribution in [0.15, 0.2) is 45.5 Å². The maximum absolute atomic E-state index is 13.7. The van der Waals surface area contributed by atoms with Gasteiger partial charge in [0.25, 0.3) is 5.91 Å². The molecule has 0 spiro atoms. The summed E-state index contributed by atoms with van der Waals surface area (Å²) in [4.78, 5) is 27.0. The van der Waals surface area contributed by atoms with E-state index in [-0.39, 0.29) is 15.7 Å². The Hall–Kier alpha value is -2.26. The highest BCUT2D eigenvalue weighted by atomic mass is 79.9. The zero-order chi connectivity index (χ0) is 18.8. The average Bonchev–Trinajstić information content (AvgIpc) is 2.99. The van der Waals surface area contributed by atoms with Crippen molar-refractivity contribution >= 4 is 60.3 Å². The molecule has 0 fully saturated rings. The fourth-order valence-corrected chi connectivity index (χ4v) is 3.18. The van der Waals surface area contributed by atoms with Gasteiger partial charge in [0.15, 0.2) is 12.4 Å². The molecule has 0 radical (unpaired) electrons. The fourth-order valence-electron chi connectivity index (χ4n) is 2.31. The van der Waals surface area contributed by atoms with Crippen molar-refractivity contribution in [3.63, 3.8) is 0 Å². The van der Waals surface area contributed by atoms with E-state index in [0.29, 0.717) is 11.5 Å². The van der Waals surface area contributed by atoms with Crippen LogP contribution in [0.25, 0.3) is 10.9 Å². The number of aromatic nitrogens is 1. The molecule has 3 aromatic rings. The normalized spacial score (nSPS) is 10.8. The summed E-state index contributed by atoms with van der Waals surface area (Å²) < 4.78 is 32.6. The average molecular weight is 488 g/mol. The molecule has 9 heteroatoms. The molecule has 0 atom stereocenters. The van der Waals surface area contributed by atoms with Crippen LogP contribution in [0, 0.1) is 11.6 Å². The molecule has 0 aliphatic carbocycles. The number of esters is 1. The number of anilines is 1. The van der Waals surface area contributed by atoms with Crippen molar-refractivity contribution in [2.24, 2.45) is 0 Å². The third kappa shape index (κ3) is 3.94. The molecule has 3 rings (SSSR count). The lowest BCUT2D eigenvalue weighted by Crippen LogP contribution is -2.21. The molecule has 26 heavy (non-hydrogen) atoms. The molecule has 1 amide bonds. The highest BCUT2D eigenvalue weighted by Gasteiger charge is 2.17. The fraction of sp³-hybridized carbons (Fsp3) is 0.0588. The van der Waals surface area contributed by atoms with Gasteiger partial charge in [-0.3, -0.25) is 4.79 Å². The first-order chi connectivity index (χ1) is 12.3. The van der Waals surface area contributed by atoms with Gasteiger partial charge in [0, 0.05) is 32.1 Å². The van der Waals surface area contributed by atoms with E-state index in [9.17, 15) is 18.4 Å². The highest BCUT2D eigenvalue weighted by Crippen LogP contribution is 2.27. The van der Waals surface area contributed by atoms with Crippen molar-refractivity contribution < 1.29 is 23.1 Å². The molecule has 0 aliphatic rings. The van der Waals surface area contributed by atoms with Crippen molar-refractivity contribution in [1.29, 1.82) is 0 Å². The van der Waals surface area contributed by atoms with E-state index in [1.54, 1.807) is 12.1 Å². The molecule has 0 saturated carbocycles. The summed E-state index contributed by atoms with van der Waals surface area (Å²) in [6.45, 7) is -0.622. The topological polar surface area (TPSA) is 71.2 Å². The van der Waals surface area contributed by atoms with Crippen molar-refractivity contribution in [2.45, 2.75) is 0 Å². The maximum atomic E-state index is 13.7. The van der Waals surface area contributed by atoms with Gasteiger partial charge in [-0.2, -0.15) is 0 Å². The minimum absolute atomic E-state index is 0.0381. The van der Waals surface area contributed by atoms with Crippen LogP contribution in [0.5, 0.6) is 0 Å². The molecule has 0 unspecified atom stereocenters. The third-order valence-corrected chi connectivity index (χ3v) is 4.59. The Morgan fingerprint density at radius 1 is 1.15 bits per heavy atom. The largest absolute Gasteiger partial charge is 0.452 e. The number of carbonyl (C=O) groups is 2. The molecule has 0 aliphatic heterocycles. The van der Waals surface area contributed by atoms with E-state index in [4.69, 9.17) is 4.74 Å². The summed E-state index contributed by atoms with van der Waals surface area (Å²) in [7, 11) is 0.